The first kappa shape index (κ1) is 18.0. The minimum atomic E-state index is -0.569. The fraction of sp³-hybridized carbons (Fsp3) is 0.200. The van der Waals surface area contributed by atoms with Crippen molar-refractivity contribution in [1.29, 1.82) is 0 Å². The molecule has 26 heavy (non-hydrogen) atoms. The maximum Gasteiger partial charge on any atom is 0.338 e. The molecule has 1 atom stereocenters. The van der Waals surface area contributed by atoms with Gasteiger partial charge in [-0.15, -0.1) is 0 Å². The number of nitrogens with one attached hydrogen (secondary N) is 1. The van der Waals surface area contributed by atoms with E-state index in [0.717, 1.165) is 16.9 Å². The van der Waals surface area contributed by atoms with Crippen molar-refractivity contribution in [3.63, 3.8) is 0 Å². The summed E-state index contributed by atoms with van der Waals surface area (Å²) in [6.45, 7) is 1.56. The first-order valence-electron chi connectivity index (χ1n) is 8.18. The van der Waals surface area contributed by atoms with E-state index in [-0.39, 0.29) is 19.3 Å². The fourth-order valence-corrected chi connectivity index (χ4v) is 2.94. The third-order valence-electron chi connectivity index (χ3n) is 3.98. The molecule has 0 unspecified atom stereocenters. The summed E-state index contributed by atoms with van der Waals surface area (Å²) in [5.41, 5.74) is 1.98. The summed E-state index contributed by atoms with van der Waals surface area (Å²) in [4.78, 5) is 24.2. The van der Waals surface area contributed by atoms with E-state index in [4.69, 9.17) is 21.1 Å². The number of amides is 1. The van der Waals surface area contributed by atoms with Crippen LogP contribution in [0.1, 0.15) is 24.1 Å². The lowest BCUT2D eigenvalue weighted by atomic mass is 10.1. The number of fused-ring (bicyclic) bond motifs is 1. The van der Waals surface area contributed by atoms with Crippen LogP contribution in [0.5, 0.6) is 5.75 Å². The van der Waals surface area contributed by atoms with Gasteiger partial charge < -0.3 is 14.8 Å². The molecule has 0 saturated heterocycles. The highest BCUT2D eigenvalue weighted by atomic mass is 35.5. The van der Waals surface area contributed by atoms with Crippen LogP contribution in [0, 0.1) is 0 Å². The minimum absolute atomic E-state index is 0.119. The van der Waals surface area contributed by atoms with Gasteiger partial charge in [-0.2, -0.15) is 0 Å². The monoisotopic (exact) mass is 371 g/mol. The van der Waals surface area contributed by atoms with Gasteiger partial charge in [0.15, 0.2) is 6.61 Å². The molecule has 2 aromatic carbocycles. The molecule has 0 saturated carbocycles. The lowest BCUT2D eigenvalue weighted by molar-refractivity contribution is -0.145. The molecule has 2 aromatic rings. The SMILES string of the molecule is C[C@H](NC(=O)COC(=O)C1=Cc2ccccc2OC1)c1ccccc1Cl. The van der Waals surface area contributed by atoms with Gasteiger partial charge >= 0.3 is 5.97 Å². The molecule has 0 radical (unpaired) electrons. The minimum Gasteiger partial charge on any atom is -0.488 e. The van der Waals surface area contributed by atoms with Gasteiger partial charge in [0.05, 0.1) is 11.6 Å². The Labute approximate surface area is 156 Å². The molecule has 0 bridgehead atoms. The van der Waals surface area contributed by atoms with Crippen molar-refractivity contribution in [2.24, 2.45) is 0 Å². The van der Waals surface area contributed by atoms with Crippen LogP contribution in [-0.4, -0.2) is 25.1 Å². The first-order chi connectivity index (χ1) is 12.5. The molecule has 0 aromatic heterocycles. The van der Waals surface area contributed by atoms with E-state index in [9.17, 15) is 9.59 Å². The molecule has 1 amide bonds. The van der Waals surface area contributed by atoms with Crippen molar-refractivity contribution in [2.45, 2.75) is 13.0 Å². The van der Waals surface area contributed by atoms with Crippen molar-refractivity contribution in [3.05, 3.63) is 70.3 Å². The second-order valence-corrected chi connectivity index (χ2v) is 6.29. The molecule has 1 aliphatic heterocycles. The van der Waals surface area contributed by atoms with Gasteiger partial charge in [-0.3, -0.25) is 4.79 Å². The zero-order valence-electron chi connectivity index (χ0n) is 14.2. The lowest BCUT2D eigenvalue weighted by Crippen LogP contribution is -2.32. The molecular formula is C20H18ClNO4. The van der Waals surface area contributed by atoms with Crippen molar-refractivity contribution >= 4 is 29.6 Å². The Bertz CT molecular complexity index is 862. The number of carbonyl (C=O) groups is 2. The smallest absolute Gasteiger partial charge is 0.338 e. The third kappa shape index (κ3) is 4.24. The summed E-state index contributed by atoms with van der Waals surface area (Å²) in [5.74, 6) is -0.251. The Morgan fingerprint density at radius 3 is 2.73 bits per heavy atom. The van der Waals surface area contributed by atoms with E-state index in [1.807, 2.05) is 49.4 Å². The summed E-state index contributed by atoms with van der Waals surface area (Å²) in [7, 11) is 0. The predicted octanol–water partition coefficient (Wildman–Crippen LogP) is 3.54. The van der Waals surface area contributed by atoms with E-state index >= 15 is 0 Å². The standard InChI is InChI=1S/C20H18ClNO4/c1-13(16-7-3-4-8-17(16)21)22-19(23)12-26-20(24)15-10-14-6-2-5-9-18(14)25-11-15/h2-10,13H,11-12H2,1H3,(H,22,23)/t13-/m0/s1. The first-order valence-corrected chi connectivity index (χ1v) is 8.55. The van der Waals surface area contributed by atoms with Crippen LogP contribution in [0.2, 0.25) is 5.02 Å². The van der Waals surface area contributed by atoms with Crippen molar-refractivity contribution in [3.8, 4) is 5.75 Å². The van der Waals surface area contributed by atoms with Gasteiger partial charge in [-0.25, -0.2) is 4.79 Å². The van der Waals surface area contributed by atoms with Gasteiger partial charge in [0, 0.05) is 10.6 Å². The second-order valence-electron chi connectivity index (χ2n) is 5.88. The number of carbonyl (C=O) groups excluding carboxylic acids is 2. The van der Waals surface area contributed by atoms with E-state index in [1.165, 1.54) is 0 Å². The van der Waals surface area contributed by atoms with Crippen LogP contribution in [0.15, 0.2) is 54.1 Å². The number of hydrogen-bond donors (Lipinski definition) is 1. The highest BCUT2D eigenvalue weighted by Crippen LogP contribution is 2.26. The lowest BCUT2D eigenvalue weighted by Gasteiger charge is -2.18. The van der Waals surface area contributed by atoms with Crippen molar-refractivity contribution in [2.75, 3.05) is 13.2 Å². The number of hydrogen-bond acceptors (Lipinski definition) is 4. The Hall–Kier alpha value is -2.79. The van der Waals surface area contributed by atoms with E-state index in [0.29, 0.717) is 10.6 Å². The summed E-state index contributed by atoms with van der Waals surface area (Å²) in [6.07, 6.45) is 1.71. The molecule has 1 aliphatic rings. The summed E-state index contributed by atoms with van der Waals surface area (Å²) in [6, 6.07) is 14.4. The molecule has 134 valence electrons. The van der Waals surface area contributed by atoms with Gasteiger partial charge in [0.1, 0.15) is 12.4 Å². The number of benzene rings is 2. The Kier molecular flexibility index (Phi) is 5.58. The van der Waals surface area contributed by atoms with Gasteiger partial charge in [0.25, 0.3) is 5.91 Å². The molecule has 1 N–H and O–H groups in total. The van der Waals surface area contributed by atoms with Crippen LogP contribution in [0.3, 0.4) is 0 Å². The van der Waals surface area contributed by atoms with Gasteiger partial charge in [-0.1, -0.05) is 48.0 Å². The summed E-state index contributed by atoms with van der Waals surface area (Å²) < 4.78 is 10.6. The molecule has 5 nitrogen and oxygen atoms in total. The molecule has 0 aliphatic carbocycles. The zero-order valence-corrected chi connectivity index (χ0v) is 15.0. The number of para-hydroxylation sites is 1. The van der Waals surface area contributed by atoms with E-state index in [1.54, 1.807) is 12.1 Å². The zero-order chi connectivity index (χ0) is 18.5. The molecule has 1 heterocycles. The largest absolute Gasteiger partial charge is 0.488 e. The van der Waals surface area contributed by atoms with E-state index in [2.05, 4.69) is 5.32 Å². The highest BCUT2D eigenvalue weighted by molar-refractivity contribution is 6.31. The number of rotatable bonds is 5. The predicted molar refractivity (Wildman–Crippen MR) is 98.9 cm³/mol. The maximum absolute atomic E-state index is 12.2. The number of esters is 1. The van der Waals surface area contributed by atoms with Gasteiger partial charge in [0.2, 0.25) is 0 Å². The topological polar surface area (TPSA) is 64.6 Å². The second kappa shape index (κ2) is 8.06. The van der Waals surface area contributed by atoms with Crippen LogP contribution in [-0.2, 0) is 14.3 Å². The maximum atomic E-state index is 12.2. The van der Waals surface area contributed by atoms with Crippen LogP contribution < -0.4 is 10.1 Å². The molecular weight excluding hydrogens is 354 g/mol. The average molecular weight is 372 g/mol. The number of halogens is 1. The van der Waals surface area contributed by atoms with Crippen molar-refractivity contribution < 1.29 is 19.1 Å². The quantitative estimate of drug-likeness (QED) is 0.816. The summed E-state index contributed by atoms with van der Waals surface area (Å²) in [5, 5.41) is 3.33. The average Bonchev–Trinajstić information content (AvgIpc) is 2.66. The van der Waals surface area contributed by atoms with E-state index < -0.39 is 11.9 Å². The summed E-state index contributed by atoms with van der Waals surface area (Å²) >= 11 is 6.11. The molecule has 0 fully saturated rings. The van der Waals surface area contributed by atoms with Crippen molar-refractivity contribution in [1.82, 2.24) is 5.32 Å². The molecule has 3 rings (SSSR count). The molecule has 0 spiro atoms. The normalized spacial score (nSPS) is 13.7. The third-order valence-corrected chi connectivity index (χ3v) is 4.32. The fourth-order valence-electron chi connectivity index (χ4n) is 2.64. The van der Waals surface area contributed by atoms with Crippen LogP contribution in [0.25, 0.3) is 6.08 Å². The molecule has 6 heteroatoms. The highest BCUT2D eigenvalue weighted by Gasteiger charge is 2.20. The Morgan fingerprint density at radius 1 is 1.19 bits per heavy atom. The number of ether oxygens (including phenoxy) is 2. The Morgan fingerprint density at radius 2 is 1.92 bits per heavy atom. The van der Waals surface area contributed by atoms with Crippen LogP contribution in [0.4, 0.5) is 0 Å². The van der Waals surface area contributed by atoms with Gasteiger partial charge in [-0.05, 0) is 30.7 Å². The van der Waals surface area contributed by atoms with Crippen LogP contribution >= 0.6 is 11.6 Å². The Balaban J connectivity index is 1.54.